The third-order valence-corrected chi connectivity index (χ3v) is 10.0. The highest BCUT2D eigenvalue weighted by molar-refractivity contribution is 7.47. The van der Waals surface area contributed by atoms with Crippen LogP contribution in [0.1, 0.15) is 96.8 Å². The molecule has 1 rings (SSSR count). The van der Waals surface area contributed by atoms with Gasteiger partial charge in [0.15, 0.2) is 6.10 Å². The van der Waals surface area contributed by atoms with Gasteiger partial charge in [-0.2, -0.15) is 0 Å². The zero-order chi connectivity index (χ0) is 43.6. The molecule has 0 radical (unpaired) electrons. The molecular formula is C36H51O19P3. The van der Waals surface area contributed by atoms with Gasteiger partial charge in [-0.3, -0.25) is 22.9 Å². The maximum Gasteiger partial charge on any atom is 0.472 e. The summed E-state index contributed by atoms with van der Waals surface area (Å²) in [4.78, 5) is 72.1. The van der Waals surface area contributed by atoms with Crippen molar-refractivity contribution in [3.05, 3.63) is 0 Å². The number of esters is 2. The molecule has 1 saturated carbocycles. The van der Waals surface area contributed by atoms with Gasteiger partial charge >= 0.3 is 35.4 Å². The number of rotatable bonds is 26. The fourth-order valence-corrected chi connectivity index (χ4v) is 7.44. The molecule has 0 aromatic rings. The number of phosphoric ester groups is 3. The summed E-state index contributed by atoms with van der Waals surface area (Å²) in [5, 5.41) is 31.6. The van der Waals surface area contributed by atoms with Gasteiger partial charge in [-0.05, 0) is 53.8 Å². The van der Waals surface area contributed by atoms with Gasteiger partial charge in [0.25, 0.3) is 0 Å². The van der Waals surface area contributed by atoms with Crippen LogP contribution in [-0.4, -0.2) is 108 Å². The van der Waals surface area contributed by atoms with Gasteiger partial charge in [0, 0.05) is 12.3 Å². The number of carbonyl (C=O) groups excluding carboxylic acids is 2. The first-order valence-electron chi connectivity index (χ1n) is 18.3. The van der Waals surface area contributed by atoms with E-state index in [2.05, 4.69) is 57.4 Å². The van der Waals surface area contributed by atoms with Gasteiger partial charge in [0.05, 0.1) is 6.61 Å². The Morgan fingerprint density at radius 1 is 0.603 bits per heavy atom. The summed E-state index contributed by atoms with van der Waals surface area (Å²) in [5.41, 5.74) is 0. The number of unbranched alkanes of at least 4 members (excludes halogenated alkanes) is 12. The standard InChI is InChI=1S/C36H51O19P3/c1-3-5-7-9-11-13-14-15-16-17-19-21-23-25-30(38)52-28(26-50-29(37)24-22-20-18-12-10-8-6-4-2)27-51-58(48,49)55-34-31(39)32(40)35(53-56(42,43)44)36(33(34)41)54-57(45,46)47/h2,28,31-36,39-41H,3,5,7,9,11,13-17,19,21,23,25-27H2,1H3,(H,48,49)(H2,42,43,44)(H2,45,46,47)/t28-,31?,32+,33-,34?,35+,36?/m1/s1. The summed E-state index contributed by atoms with van der Waals surface area (Å²) in [6.45, 7) is 0.379. The SMILES string of the molecule is C#CC#CC#CC#CC#CC(=O)OC[C@H](COP(=O)(O)OC1C(O)[C@H](O)[C@H](OP(=O)(O)O)C(OP(=O)(O)O)[C@@H]1O)OC(=O)CCCCCCCCCCCCCCC. The van der Waals surface area contributed by atoms with Crippen molar-refractivity contribution < 1.29 is 90.6 Å². The van der Waals surface area contributed by atoms with Crippen LogP contribution in [0.5, 0.6) is 0 Å². The Kier molecular flexibility index (Phi) is 26.0. The van der Waals surface area contributed by atoms with Crippen LogP contribution in [0, 0.1) is 59.7 Å². The van der Waals surface area contributed by atoms with Crippen LogP contribution in [0.25, 0.3) is 0 Å². The Morgan fingerprint density at radius 2 is 1.05 bits per heavy atom. The number of ether oxygens (including phenoxy) is 2. The van der Waals surface area contributed by atoms with Crippen LogP contribution in [0.3, 0.4) is 0 Å². The molecule has 8 N–H and O–H groups in total. The average Bonchev–Trinajstić information content (AvgIpc) is 3.14. The molecule has 22 heteroatoms. The molecule has 0 aromatic carbocycles. The molecule has 8 atom stereocenters. The molecule has 0 spiro atoms. The predicted octanol–water partition coefficient (Wildman–Crippen LogP) is 2.12. The zero-order valence-electron chi connectivity index (χ0n) is 31.8. The second kappa shape index (κ2) is 28.4. The topological polar surface area (TPSA) is 303 Å². The van der Waals surface area contributed by atoms with Gasteiger partial charge in [0.2, 0.25) is 0 Å². The van der Waals surface area contributed by atoms with E-state index in [1.807, 2.05) is 11.8 Å². The summed E-state index contributed by atoms with van der Waals surface area (Å²) in [6, 6.07) is 0. The Morgan fingerprint density at radius 3 is 1.55 bits per heavy atom. The van der Waals surface area contributed by atoms with E-state index in [4.69, 9.17) is 34.7 Å². The number of phosphoric acid groups is 3. The Labute approximate surface area is 338 Å². The Hall–Kier alpha value is -3.05. The molecule has 0 aliphatic heterocycles. The number of terminal acetylenes is 1. The fourth-order valence-electron chi connectivity index (χ4n) is 5.34. The summed E-state index contributed by atoms with van der Waals surface area (Å²) in [6.07, 6.45) is 2.00. The molecule has 0 heterocycles. The van der Waals surface area contributed by atoms with E-state index < -0.39 is 91.3 Å². The lowest BCUT2D eigenvalue weighted by molar-refractivity contribution is -0.213. The first-order chi connectivity index (χ1) is 27.3. The minimum Gasteiger partial charge on any atom is -0.456 e. The van der Waals surface area contributed by atoms with E-state index in [1.54, 1.807) is 0 Å². The van der Waals surface area contributed by atoms with Crippen molar-refractivity contribution in [3.63, 3.8) is 0 Å². The highest BCUT2D eigenvalue weighted by Gasteiger charge is 2.56. The van der Waals surface area contributed by atoms with Crippen molar-refractivity contribution in [2.45, 2.75) is 140 Å². The number of hydrogen-bond acceptors (Lipinski definition) is 14. The number of aliphatic hydroxyl groups is 3. The minimum absolute atomic E-state index is 0.0746. The third-order valence-electron chi connectivity index (χ3n) is 8.01. The summed E-state index contributed by atoms with van der Waals surface area (Å²) < 4.78 is 64.3. The predicted molar refractivity (Wildman–Crippen MR) is 204 cm³/mol. The molecule has 324 valence electrons. The van der Waals surface area contributed by atoms with Crippen molar-refractivity contribution >= 4 is 35.4 Å². The van der Waals surface area contributed by atoms with Crippen LogP contribution in [-0.2, 0) is 50.9 Å². The van der Waals surface area contributed by atoms with E-state index in [0.717, 1.165) is 25.7 Å². The molecule has 0 aromatic heterocycles. The lowest BCUT2D eigenvalue weighted by Crippen LogP contribution is -2.65. The molecule has 1 aliphatic rings. The quantitative estimate of drug-likeness (QED) is 0.0203. The van der Waals surface area contributed by atoms with Crippen molar-refractivity contribution in [2.75, 3.05) is 13.2 Å². The highest BCUT2D eigenvalue weighted by Crippen LogP contribution is 2.51. The van der Waals surface area contributed by atoms with Gasteiger partial charge < -0.3 is 49.3 Å². The van der Waals surface area contributed by atoms with Crippen LogP contribution >= 0.6 is 23.5 Å². The highest BCUT2D eigenvalue weighted by atomic mass is 31.2. The van der Waals surface area contributed by atoms with Crippen molar-refractivity contribution in [2.24, 2.45) is 0 Å². The Balaban J connectivity index is 2.92. The lowest BCUT2D eigenvalue weighted by Gasteiger charge is -2.44. The molecule has 58 heavy (non-hydrogen) atoms. The summed E-state index contributed by atoms with van der Waals surface area (Å²) in [5.74, 6) is 17.9. The molecule has 19 nitrogen and oxygen atoms in total. The van der Waals surface area contributed by atoms with E-state index in [-0.39, 0.29) is 6.42 Å². The van der Waals surface area contributed by atoms with E-state index in [1.165, 1.54) is 44.9 Å². The van der Waals surface area contributed by atoms with Gasteiger partial charge in [0.1, 0.15) is 43.2 Å². The third kappa shape index (κ3) is 24.8. The minimum atomic E-state index is -5.62. The number of hydrogen-bond donors (Lipinski definition) is 8. The first-order valence-corrected chi connectivity index (χ1v) is 22.9. The molecule has 1 fully saturated rings. The average molecular weight is 881 g/mol. The maximum atomic E-state index is 12.9. The van der Waals surface area contributed by atoms with Crippen LogP contribution in [0.2, 0.25) is 0 Å². The lowest BCUT2D eigenvalue weighted by atomic mass is 9.85. The van der Waals surface area contributed by atoms with Crippen molar-refractivity contribution in [3.8, 4) is 59.7 Å². The van der Waals surface area contributed by atoms with Crippen LogP contribution in [0.15, 0.2) is 0 Å². The molecule has 4 unspecified atom stereocenters. The maximum absolute atomic E-state index is 12.9. The van der Waals surface area contributed by atoms with Gasteiger partial charge in [-0.15, -0.1) is 6.42 Å². The first kappa shape index (κ1) is 53.0. The van der Waals surface area contributed by atoms with Gasteiger partial charge in [-0.1, -0.05) is 84.0 Å². The zero-order valence-corrected chi connectivity index (χ0v) is 34.5. The molecule has 1 aliphatic carbocycles. The van der Waals surface area contributed by atoms with E-state index >= 15 is 0 Å². The Bertz CT molecular complexity index is 1740. The summed E-state index contributed by atoms with van der Waals surface area (Å²) in [7, 11) is -16.7. The van der Waals surface area contributed by atoms with Gasteiger partial charge in [-0.25, -0.2) is 18.5 Å². The number of carbonyl (C=O) groups is 2. The second-order valence-corrected chi connectivity index (χ2v) is 16.6. The second-order valence-electron chi connectivity index (χ2n) is 12.8. The fraction of sp³-hybridized carbons (Fsp3) is 0.667. The van der Waals surface area contributed by atoms with E-state index in [0.29, 0.717) is 12.8 Å². The molecule has 0 amide bonds. The molecule has 0 saturated heterocycles. The molecule has 0 bridgehead atoms. The van der Waals surface area contributed by atoms with Crippen LogP contribution < -0.4 is 0 Å². The van der Waals surface area contributed by atoms with E-state index in [9.17, 15) is 53.3 Å². The smallest absolute Gasteiger partial charge is 0.456 e. The number of aliphatic hydroxyl groups excluding tert-OH is 3. The monoisotopic (exact) mass is 880 g/mol. The van der Waals surface area contributed by atoms with Crippen molar-refractivity contribution in [1.29, 1.82) is 0 Å². The van der Waals surface area contributed by atoms with Crippen LogP contribution in [0.4, 0.5) is 0 Å². The van der Waals surface area contributed by atoms with Crippen molar-refractivity contribution in [1.82, 2.24) is 0 Å². The largest absolute Gasteiger partial charge is 0.472 e. The summed E-state index contributed by atoms with van der Waals surface area (Å²) >= 11 is 0. The molecular weight excluding hydrogens is 829 g/mol. The normalized spacial score (nSPS) is 21.7.